The minimum atomic E-state index is -0.339. The van der Waals surface area contributed by atoms with Gasteiger partial charge in [-0.15, -0.1) is 0 Å². The van der Waals surface area contributed by atoms with E-state index in [1.54, 1.807) is 0 Å². The molecule has 0 aliphatic heterocycles. The molecule has 0 amide bonds. The quantitative estimate of drug-likeness (QED) is 0.426. The lowest BCUT2D eigenvalue weighted by molar-refractivity contribution is -0.152. The summed E-state index contributed by atoms with van der Waals surface area (Å²) in [6.45, 7) is 5.83. The van der Waals surface area contributed by atoms with Gasteiger partial charge >= 0.3 is 11.9 Å². The monoisotopic (exact) mass is 328 g/mol. The second kappa shape index (κ2) is 7.90. The van der Waals surface area contributed by atoms with Crippen molar-refractivity contribution < 1.29 is 19.1 Å². The Morgan fingerprint density at radius 1 is 1.20 bits per heavy atom. The highest BCUT2D eigenvalue weighted by atomic mass is 127. The number of carbonyl (C=O) groups is 2. The van der Waals surface area contributed by atoms with Crippen molar-refractivity contribution in [3.63, 3.8) is 0 Å². The SMILES string of the molecule is CC(C)C(C)C(=O)OCCC(=O)OCI. The predicted octanol–water partition coefficient (Wildman–Crippen LogP) is 2.15. The van der Waals surface area contributed by atoms with Crippen LogP contribution in [0.1, 0.15) is 27.2 Å². The Balaban J connectivity index is 3.68. The fraction of sp³-hybridized carbons (Fsp3) is 0.800. The molecule has 0 saturated heterocycles. The number of ether oxygens (including phenoxy) is 2. The highest BCUT2D eigenvalue weighted by Gasteiger charge is 2.18. The molecule has 0 heterocycles. The summed E-state index contributed by atoms with van der Waals surface area (Å²) in [6.07, 6.45) is 0.125. The minimum Gasteiger partial charge on any atom is -0.465 e. The van der Waals surface area contributed by atoms with Crippen molar-refractivity contribution in [2.75, 3.05) is 11.2 Å². The number of rotatable bonds is 6. The van der Waals surface area contributed by atoms with Gasteiger partial charge in [-0.3, -0.25) is 9.59 Å². The van der Waals surface area contributed by atoms with Crippen LogP contribution in [0.2, 0.25) is 0 Å². The van der Waals surface area contributed by atoms with E-state index in [9.17, 15) is 9.59 Å². The van der Waals surface area contributed by atoms with E-state index in [1.165, 1.54) is 0 Å². The zero-order chi connectivity index (χ0) is 11.8. The first-order valence-electron chi connectivity index (χ1n) is 4.87. The van der Waals surface area contributed by atoms with Crippen LogP contribution < -0.4 is 0 Å². The third-order valence-corrected chi connectivity index (χ3v) is 2.45. The first-order valence-corrected chi connectivity index (χ1v) is 6.39. The summed E-state index contributed by atoms with van der Waals surface area (Å²) in [5, 5.41) is 0. The van der Waals surface area contributed by atoms with Gasteiger partial charge in [0.2, 0.25) is 0 Å². The maximum Gasteiger partial charge on any atom is 0.310 e. The first-order chi connectivity index (χ1) is 6.99. The number of hydrogen-bond acceptors (Lipinski definition) is 4. The van der Waals surface area contributed by atoms with E-state index >= 15 is 0 Å². The molecule has 0 aromatic heterocycles. The Labute approximate surface area is 104 Å². The molecule has 4 nitrogen and oxygen atoms in total. The van der Waals surface area contributed by atoms with E-state index in [-0.39, 0.29) is 36.8 Å². The van der Waals surface area contributed by atoms with E-state index in [2.05, 4.69) is 4.74 Å². The van der Waals surface area contributed by atoms with Gasteiger partial charge in [0.25, 0.3) is 0 Å². The molecule has 0 spiro atoms. The van der Waals surface area contributed by atoms with Gasteiger partial charge < -0.3 is 9.47 Å². The van der Waals surface area contributed by atoms with Crippen LogP contribution in [0.3, 0.4) is 0 Å². The largest absolute Gasteiger partial charge is 0.465 e. The molecule has 0 aromatic rings. The van der Waals surface area contributed by atoms with Gasteiger partial charge in [-0.25, -0.2) is 0 Å². The van der Waals surface area contributed by atoms with Gasteiger partial charge in [-0.1, -0.05) is 20.8 Å². The van der Waals surface area contributed by atoms with Crippen molar-refractivity contribution in [3.05, 3.63) is 0 Å². The highest BCUT2D eigenvalue weighted by Crippen LogP contribution is 2.11. The van der Waals surface area contributed by atoms with Crippen LogP contribution in [-0.4, -0.2) is 23.2 Å². The van der Waals surface area contributed by atoms with Crippen LogP contribution in [0.15, 0.2) is 0 Å². The summed E-state index contributed by atoms with van der Waals surface area (Å²) in [7, 11) is 0. The number of carbonyl (C=O) groups excluding carboxylic acids is 2. The van der Waals surface area contributed by atoms with Crippen molar-refractivity contribution in [1.29, 1.82) is 0 Å². The van der Waals surface area contributed by atoms with Crippen LogP contribution in [0.5, 0.6) is 0 Å². The summed E-state index contributed by atoms with van der Waals surface area (Å²) in [5.41, 5.74) is 0. The smallest absolute Gasteiger partial charge is 0.310 e. The maximum atomic E-state index is 11.3. The first kappa shape index (κ1) is 14.7. The normalized spacial score (nSPS) is 12.3. The third-order valence-electron chi connectivity index (χ3n) is 2.14. The number of halogens is 1. The van der Waals surface area contributed by atoms with Crippen LogP contribution in [0, 0.1) is 11.8 Å². The fourth-order valence-corrected chi connectivity index (χ4v) is 1.12. The fourth-order valence-electron chi connectivity index (χ4n) is 0.772. The lowest BCUT2D eigenvalue weighted by atomic mass is 9.99. The maximum absolute atomic E-state index is 11.3. The predicted molar refractivity (Wildman–Crippen MR) is 64.6 cm³/mol. The third kappa shape index (κ3) is 6.70. The molecule has 0 fully saturated rings. The van der Waals surface area contributed by atoms with E-state index in [0.29, 0.717) is 4.61 Å². The Kier molecular flexibility index (Phi) is 7.72. The Hall–Kier alpha value is -0.330. The lowest BCUT2D eigenvalue weighted by Gasteiger charge is -2.13. The van der Waals surface area contributed by atoms with Crippen molar-refractivity contribution in [3.8, 4) is 0 Å². The topological polar surface area (TPSA) is 52.6 Å². The van der Waals surface area contributed by atoms with Gasteiger partial charge in [0.1, 0.15) is 11.2 Å². The molecular formula is C10H17IO4. The molecule has 0 rings (SSSR count). The molecule has 0 aromatic carbocycles. The Morgan fingerprint density at radius 2 is 1.80 bits per heavy atom. The van der Waals surface area contributed by atoms with Gasteiger partial charge in [-0.2, -0.15) is 0 Å². The van der Waals surface area contributed by atoms with E-state index in [1.807, 2.05) is 43.4 Å². The zero-order valence-electron chi connectivity index (χ0n) is 9.29. The van der Waals surface area contributed by atoms with E-state index in [0.717, 1.165) is 0 Å². The van der Waals surface area contributed by atoms with Gasteiger partial charge in [0.15, 0.2) is 0 Å². The van der Waals surface area contributed by atoms with E-state index in [4.69, 9.17) is 4.74 Å². The molecule has 88 valence electrons. The average Bonchev–Trinajstić information content (AvgIpc) is 2.16. The summed E-state index contributed by atoms with van der Waals surface area (Å²) < 4.78 is 9.95. The number of esters is 2. The summed E-state index contributed by atoms with van der Waals surface area (Å²) in [6, 6.07) is 0. The molecule has 1 atom stereocenters. The molecular weight excluding hydrogens is 311 g/mol. The van der Waals surface area contributed by atoms with Crippen molar-refractivity contribution in [2.24, 2.45) is 11.8 Å². The van der Waals surface area contributed by atoms with E-state index < -0.39 is 0 Å². The van der Waals surface area contributed by atoms with Gasteiger partial charge in [0.05, 0.1) is 12.3 Å². The van der Waals surface area contributed by atoms with Gasteiger partial charge in [0, 0.05) is 0 Å². The second-order valence-corrected chi connectivity index (χ2v) is 4.20. The number of hydrogen-bond donors (Lipinski definition) is 0. The standard InChI is InChI=1S/C10H17IO4/c1-7(2)8(3)10(13)14-5-4-9(12)15-6-11/h7-8H,4-6H2,1-3H3. The molecule has 0 aliphatic carbocycles. The molecule has 0 saturated carbocycles. The van der Waals surface area contributed by atoms with Gasteiger partial charge in [-0.05, 0) is 28.5 Å². The molecule has 0 aliphatic rings. The summed E-state index contributed by atoms with van der Waals surface area (Å²) >= 11 is 1.94. The van der Waals surface area contributed by atoms with Crippen molar-refractivity contribution in [1.82, 2.24) is 0 Å². The summed E-state index contributed by atoms with van der Waals surface area (Å²) in [4.78, 5) is 22.3. The van der Waals surface area contributed by atoms with Crippen LogP contribution in [-0.2, 0) is 19.1 Å². The molecule has 5 heteroatoms. The molecule has 0 bridgehead atoms. The lowest BCUT2D eigenvalue weighted by Crippen LogP contribution is -2.21. The molecule has 0 radical (unpaired) electrons. The molecule has 1 unspecified atom stereocenters. The summed E-state index contributed by atoms with van der Waals surface area (Å²) in [5.74, 6) is -0.480. The Morgan fingerprint density at radius 3 is 2.27 bits per heavy atom. The second-order valence-electron chi connectivity index (χ2n) is 3.58. The zero-order valence-corrected chi connectivity index (χ0v) is 11.4. The molecule has 15 heavy (non-hydrogen) atoms. The van der Waals surface area contributed by atoms with Crippen molar-refractivity contribution >= 4 is 34.5 Å². The minimum absolute atomic E-state index is 0.103. The van der Waals surface area contributed by atoms with Crippen LogP contribution in [0.4, 0.5) is 0 Å². The van der Waals surface area contributed by atoms with Crippen LogP contribution >= 0.6 is 22.6 Å². The van der Waals surface area contributed by atoms with Crippen molar-refractivity contribution in [2.45, 2.75) is 27.2 Å². The average molecular weight is 328 g/mol. The molecule has 0 N–H and O–H groups in total. The Bertz CT molecular complexity index is 215. The van der Waals surface area contributed by atoms with Crippen LogP contribution in [0.25, 0.3) is 0 Å². The number of alkyl halides is 1. The highest BCUT2D eigenvalue weighted by molar-refractivity contribution is 14.1.